The van der Waals surface area contributed by atoms with E-state index in [1.807, 2.05) is 0 Å². The van der Waals surface area contributed by atoms with Crippen molar-refractivity contribution < 1.29 is 18.3 Å². The van der Waals surface area contributed by atoms with Crippen LogP contribution >= 0.6 is 11.3 Å². The van der Waals surface area contributed by atoms with E-state index in [9.17, 15) is 13.2 Å². The van der Waals surface area contributed by atoms with Gasteiger partial charge in [0.05, 0.1) is 6.04 Å². The monoisotopic (exact) mass is 330 g/mol. The molecular weight excluding hydrogens is 316 g/mol. The highest BCUT2D eigenvalue weighted by molar-refractivity contribution is 7.91. The van der Waals surface area contributed by atoms with E-state index >= 15 is 0 Å². The molecule has 2 aromatic heterocycles. The standard InChI is InChI=1S/C11H14N4O4S2/c1-6-4-8(20-9(6)11(16)17)21(18,19)14-7(2)10-13-12-5-15(10)3/h4-5,7,14H,1-3H3,(H,16,17). The number of aromatic nitrogens is 3. The minimum Gasteiger partial charge on any atom is -0.477 e. The molecule has 0 aliphatic rings. The molecule has 10 heteroatoms. The number of carboxylic acids is 1. The predicted molar refractivity (Wildman–Crippen MR) is 75.8 cm³/mol. The third-order valence-corrected chi connectivity index (χ3v) is 6.06. The Morgan fingerprint density at radius 3 is 2.67 bits per heavy atom. The van der Waals surface area contributed by atoms with Gasteiger partial charge in [-0.3, -0.25) is 0 Å². The van der Waals surface area contributed by atoms with Crippen LogP contribution in [-0.4, -0.2) is 34.3 Å². The molecule has 0 amide bonds. The normalized spacial score (nSPS) is 13.3. The quantitative estimate of drug-likeness (QED) is 0.842. The summed E-state index contributed by atoms with van der Waals surface area (Å²) in [5, 5.41) is 16.5. The fraction of sp³-hybridized carbons (Fsp3) is 0.364. The van der Waals surface area contributed by atoms with Crippen LogP contribution < -0.4 is 4.72 Å². The number of nitrogens with zero attached hydrogens (tertiary/aromatic N) is 3. The van der Waals surface area contributed by atoms with Crippen molar-refractivity contribution in [2.75, 3.05) is 0 Å². The summed E-state index contributed by atoms with van der Waals surface area (Å²) in [6, 6.07) is 0.762. The van der Waals surface area contributed by atoms with Crippen LogP contribution in [-0.2, 0) is 17.1 Å². The third kappa shape index (κ3) is 3.12. The van der Waals surface area contributed by atoms with E-state index in [1.54, 1.807) is 25.5 Å². The number of thiophene rings is 1. The maximum Gasteiger partial charge on any atom is 0.346 e. The zero-order valence-corrected chi connectivity index (χ0v) is 13.2. The predicted octanol–water partition coefficient (Wildman–Crippen LogP) is 0.923. The average molecular weight is 330 g/mol. The van der Waals surface area contributed by atoms with Crippen LogP contribution in [0.4, 0.5) is 0 Å². The minimum absolute atomic E-state index is 0.0155. The molecule has 114 valence electrons. The lowest BCUT2D eigenvalue weighted by Gasteiger charge is -2.12. The zero-order chi connectivity index (χ0) is 15.8. The van der Waals surface area contributed by atoms with Crippen LogP contribution in [0, 0.1) is 6.92 Å². The molecular formula is C11H14N4O4S2. The Balaban J connectivity index is 2.29. The first-order chi connectivity index (χ1) is 9.72. The van der Waals surface area contributed by atoms with Gasteiger partial charge in [-0.05, 0) is 25.5 Å². The summed E-state index contributed by atoms with van der Waals surface area (Å²) >= 11 is 0.725. The van der Waals surface area contributed by atoms with E-state index in [0.29, 0.717) is 11.4 Å². The molecule has 2 rings (SSSR count). The number of rotatable bonds is 5. The Hall–Kier alpha value is -1.78. The van der Waals surface area contributed by atoms with Gasteiger partial charge in [0.15, 0.2) is 0 Å². The van der Waals surface area contributed by atoms with E-state index in [4.69, 9.17) is 5.11 Å². The molecule has 0 radical (unpaired) electrons. The fourth-order valence-corrected chi connectivity index (χ4v) is 4.42. The van der Waals surface area contributed by atoms with E-state index < -0.39 is 22.0 Å². The van der Waals surface area contributed by atoms with Crippen LogP contribution in [0.25, 0.3) is 0 Å². The number of aryl methyl sites for hydroxylation is 2. The number of carbonyl (C=O) groups is 1. The summed E-state index contributed by atoms with van der Waals surface area (Å²) in [4.78, 5) is 11.0. The molecule has 0 aliphatic carbocycles. The molecule has 2 heterocycles. The van der Waals surface area contributed by atoms with Gasteiger partial charge >= 0.3 is 5.97 Å². The maximum absolute atomic E-state index is 12.3. The highest BCUT2D eigenvalue weighted by Gasteiger charge is 2.25. The van der Waals surface area contributed by atoms with Crippen LogP contribution in [0.5, 0.6) is 0 Å². The lowest BCUT2D eigenvalue weighted by molar-refractivity contribution is 0.0701. The number of aromatic carboxylic acids is 1. The molecule has 0 saturated heterocycles. The summed E-state index contributed by atoms with van der Waals surface area (Å²) in [5.41, 5.74) is 0.416. The summed E-state index contributed by atoms with van der Waals surface area (Å²) in [7, 11) is -2.11. The molecule has 0 bridgehead atoms. The smallest absolute Gasteiger partial charge is 0.346 e. The highest BCUT2D eigenvalue weighted by atomic mass is 32.2. The van der Waals surface area contributed by atoms with E-state index in [0.717, 1.165) is 11.3 Å². The topological polar surface area (TPSA) is 114 Å². The Morgan fingerprint density at radius 2 is 2.19 bits per heavy atom. The lowest BCUT2D eigenvalue weighted by atomic mass is 10.3. The summed E-state index contributed by atoms with van der Waals surface area (Å²) in [6.07, 6.45) is 1.47. The van der Waals surface area contributed by atoms with Gasteiger partial charge in [0.2, 0.25) is 0 Å². The van der Waals surface area contributed by atoms with Gasteiger partial charge in [-0.25, -0.2) is 17.9 Å². The van der Waals surface area contributed by atoms with Crippen molar-refractivity contribution >= 4 is 27.3 Å². The van der Waals surface area contributed by atoms with E-state index in [1.165, 1.54) is 12.4 Å². The Labute approximate surface area is 125 Å². The van der Waals surface area contributed by atoms with Gasteiger partial charge in [0.1, 0.15) is 21.2 Å². The van der Waals surface area contributed by atoms with Gasteiger partial charge in [0, 0.05) is 7.05 Å². The van der Waals surface area contributed by atoms with Gasteiger partial charge < -0.3 is 9.67 Å². The maximum atomic E-state index is 12.3. The van der Waals surface area contributed by atoms with Crippen molar-refractivity contribution in [3.05, 3.63) is 28.7 Å². The molecule has 0 saturated carbocycles. The fourth-order valence-electron chi connectivity index (χ4n) is 1.83. The van der Waals surface area contributed by atoms with Crippen molar-refractivity contribution in [2.24, 2.45) is 7.05 Å². The molecule has 0 spiro atoms. The van der Waals surface area contributed by atoms with Crippen molar-refractivity contribution in [1.29, 1.82) is 0 Å². The number of hydrogen-bond acceptors (Lipinski definition) is 6. The lowest BCUT2D eigenvalue weighted by Crippen LogP contribution is -2.28. The second-order valence-electron chi connectivity index (χ2n) is 4.53. The number of hydrogen-bond donors (Lipinski definition) is 2. The zero-order valence-electron chi connectivity index (χ0n) is 11.6. The molecule has 8 nitrogen and oxygen atoms in total. The number of sulfonamides is 1. The van der Waals surface area contributed by atoms with Crippen molar-refractivity contribution in [3.8, 4) is 0 Å². The Morgan fingerprint density at radius 1 is 1.52 bits per heavy atom. The van der Waals surface area contributed by atoms with Gasteiger partial charge in [-0.15, -0.1) is 21.5 Å². The Kier molecular flexibility index (Phi) is 4.12. The summed E-state index contributed by atoms with van der Waals surface area (Å²) in [6.45, 7) is 3.20. The van der Waals surface area contributed by atoms with Gasteiger partial charge in [-0.2, -0.15) is 0 Å². The molecule has 0 aromatic carbocycles. The average Bonchev–Trinajstić information content (AvgIpc) is 2.94. The van der Waals surface area contributed by atoms with E-state index in [2.05, 4.69) is 14.9 Å². The number of carboxylic acid groups (broad SMARTS) is 1. The second kappa shape index (κ2) is 5.54. The molecule has 1 atom stereocenters. The van der Waals surface area contributed by atoms with Crippen LogP contribution in [0.3, 0.4) is 0 Å². The van der Waals surface area contributed by atoms with Crippen LogP contribution in [0.15, 0.2) is 16.6 Å². The van der Waals surface area contributed by atoms with Crippen molar-refractivity contribution in [1.82, 2.24) is 19.5 Å². The minimum atomic E-state index is -3.81. The van der Waals surface area contributed by atoms with Crippen LogP contribution in [0.1, 0.15) is 34.0 Å². The van der Waals surface area contributed by atoms with Crippen LogP contribution in [0.2, 0.25) is 0 Å². The molecule has 1 unspecified atom stereocenters. The molecule has 0 aliphatic heterocycles. The molecule has 2 N–H and O–H groups in total. The van der Waals surface area contributed by atoms with Gasteiger partial charge in [0.25, 0.3) is 10.0 Å². The summed E-state index contributed by atoms with van der Waals surface area (Å²) in [5.74, 6) is -0.675. The first-order valence-electron chi connectivity index (χ1n) is 5.92. The molecule has 21 heavy (non-hydrogen) atoms. The number of nitrogens with one attached hydrogen (secondary N) is 1. The van der Waals surface area contributed by atoms with E-state index in [-0.39, 0.29) is 9.09 Å². The first kappa shape index (κ1) is 15.6. The van der Waals surface area contributed by atoms with Crippen molar-refractivity contribution in [2.45, 2.75) is 24.1 Å². The molecule has 2 aromatic rings. The first-order valence-corrected chi connectivity index (χ1v) is 8.22. The van der Waals surface area contributed by atoms with Gasteiger partial charge in [-0.1, -0.05) is 0 Å². The molecule has 0 fully saturated rings. The second-order valence-corrected chi connectivity index (χ2v) is 7.52. The Bertz CT molecular complexity index is 778. The third-order valence-electron chi connectivity index (χ3n) is 2.82. The SMILES string of the molecule is Cc1cc(S(=O)(=O)NC(C)c2nncn2C)sc1C(=O)O. The summed E-state index contributed by atoms with van der Waals surface area (Å²) < 4.78 is 28.6. The van der Waals surface area contributed by atoms with Crippen molar-refractivity contribution in [3.63, 3.8) is 0 Å². The largest absolute Gasteiger partial charge is 0.477 e. The highest BCUT2D eigenvalue weighted by Crippen LogP contribution is 2.27.